The second-order valence-corrected chi connectivity index (χ2v) is 4.64. The van der Waals surface area contributed by atoms with Gasteiger partial charge in [-0.1, -0.05) is 18.2 Å². The average molecular weight is 280 g/mol. The van der Waals surface area contributed by atoms with Gasteiger partial charge in [-0.2, -0.15) is 0 Å². The molecule has 5 heteroatoms. The molecule has 2 rings (SSSR count). The van der Waals surface area contributed by atoms with E-state index >= 15 is 0 Å². The zero-order chi connectivity index (χ0) is 14.9. The lowest BCUT2D eigenvalue weighted by Crippen LogP contribution is -2.24. The van der Waals surface area contributed by atoms with Crippen molar-refractivity contribution in [1.82, 2.24) is 0 Å². The average Bonchev–Trinajstić information content (AvgIpc) is 2.37. The third-order valence-electron chi connectivity index (χ3n) is 3.33. The van der Waals surface area contributed by atoms with Crippen molar-refractivity contribution in [3.8, 4) is 0 Å². The second kappa shape index (κ2) is 5.45. The zero-order valence-corrected chi connectivity index (χ0v) is 11.2. The number of hydrogen-bond donors (Lipinski definition) is 1. The summed E-state index contributed by atoms with van der Waals surface area (Å²) in [6.45, 7) is 1.67. The molecule has 0 aliphatic carbocycles. The quantitative estimate of drug-likeness (QED) is 0.864. The highest BCUT2D eigenvalue weighted by atomic mass is 19.1. The van der Waals surface area contributed by atoms with Crippen molar-refractivity contribution in [2.24, 2.45) is 0 Å². The molecule has 0 fully saturated rings. The number of nitrogens with zero attached hydrogens (tertiary/aromatic N) is 1. The predicted molar refractivity (Wildman–Crippen MR) is 74.0 cm³/mol. The van der Waals surface area contributed by atoms with Gasteiger partial charge in [0.2, 0.25) is 0 Å². The van der Waals surface area contributed by atoms with Crippen molar-refractivity contribution in [2.45, 2.75) is 13.0 Å². The van der Waals surface area contributed by atoms with Crippen molar-refractivity contribution in [2.75, 3.05) is 17.7 Å². The van der Waals surface area contributed by atoms with Crippen LogP contribution in [0.4, 0.5) is 24.5 Å². The van der Waals surface area contributed by atoms with Crippen LogP contribution in [0.15, 0.2) is 36.4 Å². The Hall–Kier alpha value is -2.17. The van der Waals surface area contributed by atoms with E-state index in [0.717, 1.165) is 12.1 Å². The molecule has 0 aromatic heterocycles. The minimum atomic E-state index is -0.770. The Morgan fingerprint density at radius 2 is 1.55 bits per heavy atom. The molecule has 2 aromatic rings. The molecular formula is C15H15F3N2. The van der Waals surface area contributed by atoms with Crippen LogP contribution in [-0.4, -0.2) is 7.05 Å². The van der Waals surface area contributed by atoms with E-state index in [2.05, 4.69) is 0 Å². The first-order valence-corrected chi connectivity index (χ1v) is 6.13. The van der Waals surface area contributed by atoms with E-state index in [9.17, 15) is 13.2 Å². The maximum atomic E-state index is 13.9. The molecule has 0 bridgehead atoms. The lowest BCUT2D eigenvalue weighted by Gasteiger charge is -2.28. The van der Waals surface area contributed by atoms with E-state index in [0.29, 0.717) is 5.56 Å². The number of nitrogen functional groups attached to an aromatic ring is 1. The minimum Gasteiger partial charge on any atom is -0.399 e. The van der Waals surface area contributed by atoms with Gasteiger partial charge in [0, 0.05) is 18.3 Å². The number of halogens is 3. The molecule has 0 heterocycles. The minimum absolute atomic E-state index is 0.00990. The van der Waals surface area contributed by atoms with Crippen LogP contribution in [0.1, 0.15) is 18.5 Å². The number of benzene rings is 2. The Labute approximate surface area is 115 Å². The standard InChI is InChI=1S/C15H15F3N2/c1-9(11-5-3-4-6-12(11)16)20(2)15-13(17)7-10(19)8-14(15)18/h3-9H,19H2,1-2H3. The highest BCUT2D eigenvalue weighted by Crippen LogP contribution is 2.32. The van der Waals surface area contributed by atoms with Crippen LogP contribution in [-0.2, 0) is 0 Å². The summed E-state index contributed by atoms with van der Waals surface area (Å²) in [6, 6.07) is 7.71. The molecule has 0 saturated heterocycles. The molecular weight excluding hydrogens is 265 g/mol. The largest absolute Gasteiger partial charge is 0.399 e. The molecule has 20 heavy (non-hydrogen) atoms. The van der Waals surface area contributed by atoms with Crippen LogP contribution in [0.2, 0.25) is 0 Å². The summed E-state index contributed by atoms with van der Waals surface area (Å²) in [4.78, 5) is 1.35. The molecule has 0 aliphatic heterocycles. The monoisotopic (exact) mass is 280 g/mol. The number of rotatable bonds is 3. The summed E-state index contributed by atoms with van der Waals surface area (Å²) in [5.74, 6) is -1.95. The van der Waals surface area contributed by atoms with E-state index in [1.807, 2.05) is 0 Å². The lowest BCUT2D eigenvalue weighted by molar-refractivity contribution is 0.552. The summed E-state index contributed by atoms with van der Waals surface area (Å²) in [5, 5.41) is 0. The highest BCUT2D eigenvalue weighted by molar-refractivity contribution is 5.56. The van der Waals surface area contributed by atoms with E-state index in [-0.39, 0.29) is 11.4 Å². The highest BCUT2D eigenvalue weighted by Gasteiger charge is 2.21. The molecule has 2 nitrogen and oxygen atoms in total. The maximum Gasteiger partial charge on any atom is 0.151 e. The fourth-order valence-electron chi connectivity index (χ4n) is 2.14. The smallest absolute Gasteiger partial charge is 0.151 e. The second-order valence-electron chi connectivity index (χ2n) is 4.64. The van der Waals surface area contributed by atoms with Gasteiger partial charge in [0.15, 0.2) is 11.6 Å². The van der Waals surface area contributed by atoms with Crippen molar-refractivity contribution in [1.29, 1.82) is 0 Å². The van der Waals surface area contributed by atoms with Gasteiger partial charge in [-0.3, -0.25) is 0 Å². The molecule has 0 saturated carbocycles. The molecule has 0 spiro atoms. The van der Waals surface area contributed by atoms with Crippen LogP contribution >= 0.6 is 0 Å². The van der Waals surface area contributed by atoms with Gasteiger partial charge in [0.25, 0.3) is 0 Å². The SMILES string of the molecule is CC(c1ccccc1F)N(C)c1c(F)cc(N)cc1F. The summed E-state index contributed by atoms with van der Waals surface area (Å²) >= 11 is 0. The Morgan fingerprint density at radius 1 is 1.00 bits per heavy atom. The van der Waals surface area contributed by atoms with Crippen molar-refractivity contribution in [3.63, 3.8) is 0 Å². The molecule has 2 N–H and O–H groups in total. The first-order chi connectivity index (χ1) is 9.41. The molecule has 106 valence electrons. The molecule has 0 amide bonds. The van der Waals surface area contributed by atoms with Gasteiger partial charge in [-0.25, -0.2) is 13.2 Å². The van der Waals surface area contributed by atoms with Gasteiger partial charge in [0.1, 0.15) is 11.5 Å². The summed E-state index contributed by atoms with van der Waals surface area (Å²) in [7, 11) is 1.51. The van der Waals surface area contributed by atoms with Gasteiger partial charge in [-0.05, 0) is 25.1 Å². The zero-order valence-electron chi connectivity index (χ0n) is 11.2. The topological polar surface area (TPSA) is 29.3 Å². The first-order valence-electron chi connectivity index (χ1n) is 6.13. The van der Waals surface area contributed by atoms with Crippen molar-refractivity contribution >= 4 is 11.4 Å². The van der Waals surface area contributed by atoms with Crippen molar-refractivity contribution < 1.29 is 13.2 Å². The van der Waals surface area contributed by atoms with Crippen LogP contribution in [0.25, 0.3) is 0 Å². The third-order valence-corrected chi connectivity index (χ3v) is 3.33. The van der Waals surface area contributed by atoms with Gasteiger partial charge < -0.3 is 10.6 Å². The van der Waals surface area contributed by atoms with Gasteiger partial charge in [0.05, 0.1) is 6.04 Å². The summed E-state index contributed by atoms with van der Waals surface area (Å²) in [6.07, 6.45) is 0. The van der Waals surface area contributed by atoms with E-state index < -0.39 is 23.5 Å². The molecule has 1 atom stereocenters. The fourth-order valence-corrected chi connectivity index (χ4v) is 2.14. The van der Waals surface area contributed by atoms with E-state index in [4.69, 9.17) is 5.73 Å². The number of anilines is 2. The first kappa shape index (κ1) is 14.2. The number of nitrogens with two attached hydrogens (primary N) is 1. The predicted octanol–water partition coefficient (Wildman–Crippen LogP) is 3.88. The summed E-state index contributed by atoms with van der Waals surface area (Å²) < 4.78 is 41.5. The number of hydrogen-bond acceptors (Lipinski definition) is 2. The summed E-state index contributed by atoms with van der Waals surface area (Å²) in [5.41, 5.74) is 5.53. The Kier molecular flexibility index (Phi) is 3.88. The van der Waals surface area contributed by atoms with E-state index in [1.54, 1.807) is 25.1 Å². The Balaban J connectivity index is 2.42. The Bertz CT molecular complexity index is 605. The van der Waals surface area contributed by atoms with Crippen LogP contribution in [0, 0.1) is 17.5 Å². The lowest BCUT2D eigenvalue weighted by atomic mass is 10.1. The van der Waals surface area contributed by atoms with E-state index in [1.165, 1.54) is 18.0 Å². The van der Waals surface area contributed by atoms with Crippen LogP contribution in [0.3, 0.4) is 0 Å². The van der Waals surface area contributed by atoms with Crippen LogP contribution in [0.5, 0.6) is 0 Å². The maximum absolute atomic E-state index is 13.9. The van der Waals surface area contributed by atoms with Gasteiger partial charge >= 0.3 is 0 Å². The Morgan fingerprint density at radius 3 is 2.10 bits per heavy atom. The molecule has 2 aromatic carbocycles. The molecule has 0 aliphatic rings. The van der Waals surface area contributed by atoms with Crippen molar-refractivity contribution in [3.05, 3.63) is 59.4 Å². The van der Waals surface area contributed by atoms with Gasteiger partial charge in [-0.15, -0.1) is 0 Å². The molecule has 1 unspecified atom stereocenters. The normalized spacial score (nSPS) is 12.2. The van der Waals surface area contributed by atoms with Crippen LogP contribution < -0.4 is 10.6 Å². The molecule has 0 radical (unpaired) electrons. The third kappa shape index (κ3) is 2.57. The fraction of sp³-hybridized carbons (Fsp3) is 0.200.